The van der Waals surface area contributed by atoms with Crippen LogP contribution in [0.3, 0.4) is 0 Å². The van der Waals surface area contributed by atoms with E-state index in [-0.39, 0.29) is 15.2 Å². The van der Waals surface area contributed by atoms with Gasteiger partial charge in [-0.3, -0.25) is 0 Å². The number of halogens is 1. The summed E-state index contributed by atoms with van der Waals surface area (Å²) in [6.07, 6.45) is 0. The predicted molar refractivity (Wildman–Crippen MR) is 78.8 cm³/mol. The molecule has 1 aromatic rings. The van der Waals surface area contributed by atoms with Crippen LogP contribution in [0.2, 0.25) is 0 Å². The van der Waals surface area contributed by atoms with Gasteiger partial charge in [0.2, 0.25) is 10.0 Å². The van der Waals surface area contributed by atoms with Crippen LogP contribution < -0.4 is 0 Å². The summed E-state index contributed by atoms with van der Waals surface area (Å²) >= 11 is 0. The van der Waals surface area contributed by atoms with E-state index in [0.717, 1.165) is 6.07 Å². The second kappa shape index (κ2) is 5.63. The zero-order chi connectivity index (χ0) is 15.8. The lowest BCUT2D eigenvalue weighted by Crippen LogP contribution is -2.34. The summed E-state index contributed by atoms with van der Waals surface area (Å²) in [6, 6.07) is 5.02. The van der Waals surface area contributed by atoms with Crippen molar-refractivity contribution >= 4 is 29.8 Å². The number of hydrogen-bond acceptors (Lipinski definition) is 4. The first kappa shape index (κ1) is 17.4. The fraction of sp³-hybridized carbons (Fsp3) is 0.500. The quantitative estimate of drug-likeness (QED) is 0.789. The van der Waals surface area contributed by atoms with E-state index in [2.05, 4.69) is 0 Å². The second-order valence-electron chi connectivity index (χ2n) is 5.73. The van der Waals surface area contributed by atoms with Crippen molar-refractivity contribution < 1.29 is 16.8 Å². The lowest BCUT2D eigenvalue weighted by Gasteiger charge is -2.26. The first-order chi connectivity index (χ1) is 8.84. The fourth-order valence-electron chi connectivity index (χ4n) is 1.72. The standard InChI is InChI=1S/C12H18ClNO4S2/c1-12(2,3)9-14(4)20(17,18)11-7-5-6-10(8-11)19(13,15)16/h5-8H,9H2,1-4H3. The van der Waals surface area contributed by atoms with Crippen LogP contribution in [0, 0.1) is 5.41 Å². The van der Waals surface area contributed by atoms with Gasteiger partial charge in [-0.1, -0.05) is 26.8 Å². The van der Waals surface area contributed by atoms with Crippen molar-refractivity contribution in [2.24, 2.45) is 5.41 Å². The summed E-state index contributed by atoms with van der Waals surface area (Å²) in [7, 11) is -1.01. The molecule has 0 saturated carbocycles. The summed E-state index contributed by atoms with van der Waals surface area (Å²) in [6.45, 7) is 6.06. The van der Waals surface area contributed by atoms with Gasteiger partial charge < -0.3 is 0 Å². The minimum Gasteiger partial charge on any atom is -0.207 e. The summed E-state index contributed by atoms with van der Waals surface area (Å²) in [5.74, 6) is 0. The number of rotatable bonds is 4. The minimum absolute atomic E-state index is 0.0917. The average molecular weight is 340 g/mol. The van der Waals surface area contributed by atoms with E-state index in [0.29, 0.717) is 6.54 Å². The molecule has 0 atom stereocenters. The van der Waals surface area contributed by atoms with Crippen LogP contribution in [-0.4, -0.2) is 34.7 Å². The third-order valence-electron chi connectivity index (χ3n) is 2.49. The number of benzene rings is 1. The Balaban J connectivity index is 3.24. The Morgan fingerprint density at radius 1 is 1.10 bits per heavy atom. The molecule has 0 radical (unpaired) electrons. The van der Waals surface area contributed by atoms with Gasteiger partial charge in [0.15, 0.2) is 0 Å². The third kappa shape index (κ3) is 4.44. The lowest BCUT2D eigenvalue weighted by atomic mass is 9.97. The van der Waals surface area contributed by atoms with Crippen LogP contribution >= 0.6 is 10.7 Å². The molecule has 0 aromatic heterocycles. The normalized spacial score (nSPS) is 13.7. The Morgan fingerprint density at radius 2 is 1.60 bits per heavy atom. The van der Waals surface area contributed by atoms with Crippen molar-refractivity contribution in [1.29, 1.82) is 0 Å². The Bertz CT molecular complexity index is 690. The van der Waals surface area contributed by atoms with E-state index >= 15 is 0 Å². The molecule has 0 heterocycles. The molecular weight excluding hydrogens is 322 g/mol. The maximum Gasteiger partial charge on any atom is 0.261 e. The molecule has 1 rings (SSSR count). The van der Waals surface area contributed by atoms with Gasteiger partial charge in [0.05, 0.1) is 9.79 Å². The van der Waals surface area contributed by atoms with Gasteiger partial charge >= 0.3 is 0 Å². The molecule has 5 nitrogen and oxygen atoms in total. The number of hydrogen-bond donors (Lipinski definition) is 0. The smallest absolute Gasteiger partial charge is 0.207 e. The van der Waals surface area contributed by atoms with Gasteiger partial charge in [-0.05, 0) is 23.6 Å². The average Bonchev–Trinajstić information content (AvgIpc) is 2.25. The molecule has 0 fully saturated rings. The van der Waals surface area contributed by atoms with E-state index in [1.807, 2.05) is 20.8 Å². The highest BCUT2D eigenvalue weighted by atomic mass is 35.7. The van der Waals surface area contributed by atoms with Gasteiger partial charge in [0, 0.05) is 24.3 Å². The molecule has 0 bridgehead atoms. The third-order valence-corrected chi connectivity index (χ3v) is 5.64. The highest BCUT2D eigenvalue weighted by Gasteiger charge is 2.26. The number of nitrogens with zero attached hydrogens (tertiary/aromatic N) is 1. The van der Waals surface area contributed by atoms with Gasteiger partial charge in [-0.2, -0.15) is 0 Å². The summed E-state index contributed by atoms with van der Waals surface area (Å²) in [5.41, 5.74) is -0.210. The molecule has 0 aliphatic heterocycles. The van der Waals surface area contributed by atoms with Crippen molar-refractivity contribution in [3.05, 3.63) is 24.3 Å². The largest absolute Gasteiger partial charge is 0.261 e. The zero-order valence-electron chi connectivity index (χ0n) is 11.8. The lowest BCUT2D eigenvalue weighted by molar-refractivity contribution is 0.311. The molecule has 20 heavy (non-hydrogen) atoms. The zero-order valence-corrected chi connectivity index (χ0v) is 14.2. The maximum atomic E-state index is 12.4. The molecule has 0 aliphatic rings. The van der Waals surface area contributed by atoms with E-state index in [1.54, 1.807) is 0 Å². The first-order valence-electron chi connectivity index (χ1n) is 5.85. The van der Waals surface area contributed by atoms with E-state index in [9.17, 15) is 16.8 Å². The Hall–Kier alpha value is -0.630. The minimum atomic E-state index is -3.96. The Labute approximate surface area is 125 Å². The Kier molecular flexibility index (Phi) is 4.91. The SMILES string of the molecule is CN(CC(C)(C)C)S(=O)(=O)c1cccc(S(=O)(=O)Cl)c1. The van der Waals surface area contributed by atoms with E-state index in [4.69, 9.17) is 10.7 Å². The van der Waals surface area contributed by atoms with Gasteiger partial charge in [-0.15, -0.1) is 0 Å². The summed E-state index contributed by atoms with van der Waals surface area (Å²) in [4.78, 5) is -0.324. The molecule has 0 amide bonds. The van der Waals surface area contributed by atoms with Crippen molar-refractivity contribution in [3.63, 3.8) is 0 Å². The molecule has 0 N–H and O–H groups in total. The maximum absolute atomic E-state index is 12.4. The van der Waals surface area contributed by atoms with Crippen LogP contribution in [0.4, 0.5) is 0 Å². The first-order valence-corrected chi connectivity index (χ1v) is 9.60. The van der Waals surface area contributed by atoms with E-state index < -0.39 is 19.1 Å². The van der Waals surface area contributed by atoms with Crippen molar-refractivity contribution in [2.75, 3.05) is 13.6 Å². The highest BCUT2D eigenvalue weighted by Crippen LogP contribution is 2.23. The Morgan fingerprint density at radius 3 is 2.05 bits per heavy atom. The van der Waals surface area contributed by atoms with Crippen molar-refractivity contribution in [3.8, 4) is 0 Å². The van der Waals surface area contributed by atoms with Crippen molar-refractivity contribution in [1.82, 2.24) is 4.31 Å². The molecule has 0 aliphatic carbocycles. The molecule has 114 valence electrons. The fourth-order valence-corrected chi connectivity index (χ4v) is 4.03. The molecule has 0 saturated heterocycles. The monoisotopic (exact) mass is 339 g/mol. The molecule has 1 aromatic carbocycles. The van der Waals surface area contributed by atoms with Gasteiger partial charge in [0.1, 0.15) is 0 Å². The predicted octanol–water partition coefficient (Wildman–Crippen LogP) is 2.28. The van der Waals surface area contributed by atoms with Gasteiger partial charge in [0.25, 0.3) is 9.05 Å². The topological polar surface area (TPSA) is 71.5 Å². The molecule has 0 unspecified atom stereocenters. The van der Waals surface area contributed by atoms with Crippen LogP contribution in [-0.2, 0) is 19.1 Å². The molecule has 0 spiro atoms. The highest BCUT2D eigenvalue weighted by molar-refractivity contribution is 8.13. The van der Waals surface area contributed by atoms with Gasteiger partial charge in [-0.25, -0.2) is 21.1 Å². The summed E-state index contributed by atoms with van der Waals surface area (Å²) in [5, 5.41) is 0. The van der Waals surface area contributed by atoms with Crippen molar-refractivity contribution in [2.45, 2.75) is 30.6 Å². The van der Waals surface area contributed by atoms with Crippen LogP contribution in [0.1, 0.15) is 20.8 Å². The molecular formula is C12H18ClNO4S2. The molecule has 8 heteroatoms. The van der Waals surface area contributed by atoms with Crippen LogP contribution in [0.15, 0.2) is 34.1 Å². The summed E-state index contributed by atoms with van der Waals surface area (Å²) < 4.78 is 48.5. The second-order valence-corrected chi connectivity index (χ2v) is 10.3. The number of sulfonamides is 1. The van der Waals surface area contributed by atoms with Crippen LogP contribution in [0.5, 0.6) is 0 Å². The van der Waals surface area contributed by atoms with Crippen LogP contribution in [0.25, 0.3) is 0 Å². The van der Waals surface area contributed by atoms with E-state index in [1.165, 1.54) is 29.6 Å².